The molecule has 0 fully saturated rings. The van der Waals surface area contributed by atoms with Gasteiger partial charge in [-0.1, -0.05) is 25.2 Å². The van der Waals surface area contributed by atoms with E-state index >= 15 is 0 Å². The number of anilines is 1. The second-order valence-electron chi connectivity index (χ2n) is 5.76. The molecule has 0 unspecified atom stereocenters. The first-order valence-corrected chi connectivity index (χ1v) is 7.42. The SMILES string of the molecule is CC1(C)CC(=O)c2sc(NC(=O)CNC(=O)CN)nc2C1. The van der Waals surface area contributed by atoms with Gasteiger partial charge in [0.05, 0.1) is 23.7 Å². The summed E-state index contributed by atoms with van der Waals surface area (Å²) in [5.74, 6) is -0.731. The average molecular weight is 310 g/mol. The predicted octanol–water partition coefficient (Wildman–Crippen LogP) is 0.312. The lowest BCUT2D eigenvalue weighted by Gasteiger charge is -2.26. The van der Waals surface area contributed by atoms with Crippen LogP contribution in [0.25, 0.3) is 0 Å². The summed E-state index contributed by atoms with van der Waals surface area (Å²) in [7, 11) is 0. The topological polar surface area (TPSA) is 114 Å². The zero-order chi connectivity index (χ0) is 15.6. The lowest BCUT2D eigenvalue weighted by atomic mass is 9.78. The van der Waals surface area contributed by atoms with Crippen molar-refractivity contribution in [1.82, 2.24) is 10.3 Å². The van der Waals surface area contributed by atoms with E-state index in [2.05, 4.69) is 15.6 Å². The predicted molar refractivity (Wildman–Crippen MR) is 79.2 cm³/mol. The standard InChI is InChI=1S/C13H18N4O3S/c1-13(2)3-7-11(8(18)4-13)21-12(16-7)17-10(20)6-15-9(19)5-14/h3-6,14H2,1-2H3,(H,15,19)(H,16,17,20). The molecule has 2 rings (SSSR count). The van der Waals surface area contributed by atoms with Gasteiger partial charge in [0.25, 0.3) is 0 Å². The van der Waals surface area contributed by atoms with Crippen LogP contribution in [0.5, 0.6) is 0 Å². The second-order valence-corrected chi connectivity index (χ2v) is 6.76. The molecule has 21 heavy (non-hydrogen) atoms. The molecule has 1 aromatic rings. The Kier molecular flexibility index (Phi) is 4.38. The van der Waals surface area contributed by atoms with Gasteiger partial charge in [-0.25, -0.2) is 4.98 Å². The minimum atomic E-state index is -0.402. The Morgan fingerprint density at radius 1 is 1.33 bits per heavy atom. The van der Waals surface area contributed by atoms with E-state index in [1.165, 1.54) is 11.3 Å². The zero-order valence-electron chi connectivity index (χ0n) is 12.0. The maximum Gasteiger partial charge on any atom is 0.245 e. The molecule has 0 bridgehead atoms. The van der Waals surface area contributed by atoms with Crippen LogP contribution in [0.3, 0.4) is 0 Å². The highest BCUT2D eigenvalue weighted by molar-refractivity contribution is 7.17. The lowest BCUT2D eigenvalue weighted by molar-refractivity contribution is -0.123. The summed E-state index contributed by atoms with van der Waals surface area (Å²) in [5, 5.41) is 5.34. The van der Waals surface area contributed by atoms with Crippen molar-refractivity contribution in [2.75, 3.05) is 18.4 Å². The molecule has 2 amide bonds. The van der Waals surface area contributed by atoms with Gasteiger partial charge < -0.3 is 16.4 Å². The number of hydrogen-bond donors (Lipinski definition) is 3. The van der Waals surface area contributed by atoms with Crippen molar-refractivity contribution in [2.24, 2.45) is 11.1 Å². The number of amides is 2. The van der Waals surface area contributed by atoms with Gasteiger partial charge in [0.15, 0.2) is 10.9 Å². The fourth-order valence-corrected chi connectivity index (χ4v) is 3.12. The number of nitrogens with zero attached hydrogens (tertiary/aromatic N) is 1. The van der Waals surface area contributed by atoms with E-state index in [1.807, 2.05) is 13.8 Å². The Balaban J connectivity index is 2.02. The summed E-state index contributed by atoms with van der Waals surface area (Å²) in [4.78, 5) is 39.6. The van der Waals surface area contributed by atoms with Gasteiger partial charge in [0.1, 0.15) is 0 Å². The summed E-state index contributed by atoms with van der Waals surface area (Å²) in [6, 6.07) is 0. The highest BCUT2D eigenvalue weighted by Crippen LogP contribution is 2.38. The van der Waals surface area contributed by atoms with Gasteiger partial charge in [-0.05, 0) is 11.8 Å². The Labute approximate surface area is 126 Å². The number of nitrogens with two attached hydrogens (primary N) is 1. The van der Waals surface area contributed by atoms with E-state index in [0.717, 1.165) is 5.69 Å². The molecular formula is C13H18N4O3S. The normalized spacial score (nSPS) is 16.2. The molecule has 0 saturated carbocycles. The van der Waals surface area contributed by atoms with Crippen LogP contribution in [0.2, 0.25) is 0 Å². The van der Waals surface area contributed by atoms with Crippen molar-refractivity contribution in [3.05, 3.63) is 10.6 Å². The Bertz CT molecular complexity index is 594. The zero-order valence-corrected chi connectivity index (χ0v) is 12.8. The largest absolute Gasteiger partial charge is 0.346 e. The maximum absolute atomic E-state index is 12.0. The molecule has 114 valence electrons. The van der Waals surface area contributed by atoms with Crippen molar-refractivity contribution >= 4 is 34.1 Å². The van der Waals surface area contributed by atoms with Crippen LogP contribution < -0.4 is 16.4 Å². The molecule has 0 saturated heterocycles. The number of ketones is 1. The van der Waals surface area contributed by atoms with E-state index in [4.69, 9.17) is 5.73 Å². The number of Topliss-reactive ketones (excluding diaryl/α,β-unsaturated/α-hetero) is 1. The van der Waals surface area contributed by atoms with E-state index in [-0.39, 0.29) is 24.3 Å². The molecule has 0 atom stereocenters. The van der Waals surface area contributed by atoms with Crippen LogP contribution in [0.15, 0.2) is 0 Å². The van der Waals surface area contributed by atoms with Crippen molar-refractivity contribution < 1.29 is 14.4 Å². The van der Waals surface area contributed by atoms with E-state index in [0.29, 0.717) is 22.9 Å². The monoisotopic (exact) mass is 310 g/mol. The summed E-state index contributed by atoms with van der Waals surface area (Å²) in [6.45, 7) is 3.71. The minimum absolute atomic E-state index is 0.0654. The number of carbonyl (C=O) groups excluding carboxylic acids is 3. The smallest absolute Gasteiger partial charge is 0.245 e. The number of hydrogen-bond acceptors (Lipinski definition) is 6. The highest BCUT2D eigenvalue weighted by Gasteiger charge is 2.34. The first-order valence-electron chi connectivity index (χ1n) is 6.60. The number of nitrogens with one attached hydrogen (secondary N) is 2. The molecule has 1 aromatic heterocycles. The van der Waals surface area contributed by atoms with Gasteiger partial charge in [0.2, 0.25) is 11.8 Å². The second kappa shape index (κ2) is 5.90. The molecule has 0 radical (unpaired) electrons. The fraction of sp³-hybridized carbons (Fsp3) is 0.538. The molecule has 0 aromatic carbocycles. The van der Waals surface area contributed by atoms with Crippen LogP contribution >= 0.6 is 11.3 Å². The Morgan fingerprint density at radius 2 is 2.05 bits per heavy atom. The van der Waals surface area contributed by atoms with Crippen molar-refractivity contribution in [1.29, 1.82) is 0 Å². The van der Waals surface area contributed by atoms with E-state index in [1.54, 1.807) is 0 Å². The van der Waals surface area contributed by atoms with Crippen LogP contribution in [0.4, 0.5) is 5.13 Å². The lowest BCUT2D eigenvalue weighted by Crippen LogP contribution is -2.36. The van der Waals surface area contributed by atoms with Gasteiger partial charge in [-0.15, -0.1) is 0 Å². The Morgan fingerprint density at radius 3 is 2.71 bits per heavy atom. The molecular weight excluding hydrogens is 292 g/mol. The molecule has 7 nitrogen and oxygen atoms in total. The fourth-order valence-electron chi connectivity index (χ4n) is 2.19. The van der Waals surface area contributed by atoms with Gasteiger partial charge in [-0.2, -0.15) is 0 Å². The molecule has 8 heteroatoms. The first kappa shape index (κ1) is 15.6. The number of aromatic nitrogens is 1. The van der Waals surface area contributed by atoms with E-state index in [9.17, 15) is 14.4 Å². The first-order chi connectivity index (χ1) is 9.80. The molecule has 4 N–H and O–H groups in total. The van der Waals surface area contributed by atoms with Gasteiger partial charge in [0, 0.05) is 6.42 Å². The van der Waals surface area contributed by atoms with Crippen LogP contribution in [0.1, 0.15) is 35.6 Å². The van der Waals surface area contributed by atoms with Crippen molar-refractivity contribution in [3.63, 3.8) is 0 Å². The molecule has 1 aliphatic rings. The third kappa shape index (κ3) is 3.85. The van der Waals surface area contributed by atoms with Crippen LogP contribution in [0, 0.1) is 5.41 Å². The Hall–Kier alpha value is -1.80. The summed E-state index contributed by atoms with van der Waals surface area (Å²) >= 11 is 1.18. The van der Waals surface area contributed by atoms with Crippen molar-refractivity contribution in [3.8, 4) is 0 Å². The summed E-state index contributed by atoms with van der Waals surface area (Å²) in [6.07, 6.45) is 1.20. The quantitative estimate of drug-likeness (QED) is 0.740. The summed E-state index contributed by atoms with van der Waals surface area (Å²) in [5.41, 5.74) is 5.76. The molecule has 1 heterocycles. The van der Waals surface area contributed by atoms with E-state index < -0.39 is 11.8 Å². The van der Waals surface area contributed by atoms with Gasteiger partial charge >= 0.3 is 0 Å². The number of fused-ring (bicyclic) bond motifs is 1. The van der Waals surface area contributed by atoms with Crippen molar-refractivity contribution in [2.45, 2.75) is 26.7 Å². The number of rotatable bonds is 4. The minimum Gasteiger partial charge on any atom is -0.346 e. The van der Waals surface area contributed by atoms with Crippen LogP contribution in [-0.2, 0) is 16.0 Å². The third-order valence-electron chi connectivity index (χ3n) is 3.11. The molecule has 1 aliphatic carbocycles. The highest BCUT2D eigenvalue weighted by atomic mass is 32.1. The molecule has 0 aliphatic heterocycles. The summed E-state index contributed by atoms with van der Waals surface area (Å²) < 4.78 is 0. The number of carbonyl (C=O) groups is 3. The molecule has 0 spiro atoms. The van der Waals surface area contributed by atoms with Crippen LogP contribution in [-0.4, -0.2) is 35.7 Å². The average Bonchev–Trinajstić information content (AvgIpc) is 2.77. The maximum atomic E-state index is 12.0. The third-order valence-corrected chi connectivity index (χ3v) is 4.17. The van der Waals surface area contributed by atoms with Gasteiger partial charge in [-0.3, -0.25) is 14.4 Å². The number of thiazole rings is 1.